The van der Waals surface area contributed by atoms with Gasteiger partial charge in [0.1, 0.15) is 6.04 Å². The minimum Gasteiger partial charge on any atom is -0.343 e. The Hall–Kier alpha value is -2.57. The molecule has 0 aliphatic carbocycles. The molecule has 0 saturated heterocycles. The first-order chi connectivity index (χ1) is 10.6. The number of nitrogens with two attached hydrogens (primary N) is 2. The minimum atomic E-state index is -4.85. The van der Waals surface area contributed by atoms with Gasteiger partial charge in [-0.05, 0) is 11.1 Å². The zero-order valence-electron chi connectivity index (χ0n) is 11.9. The molecule has 1 unspecified atom stereocenters. The summed E-state index contributed by atoms with van der Waals surface area (Å²) in [4.78, 5) is 22.5. The predicted molar refractivity (Wildman–Crippen MR) is 76.3 cm³/mol. The molecule has 1 atom stereocenters. The lowest BCUT2D eigenvalue weighted by molar-refractivity contribution is -0.188. The summed E-state index contributed by atoms with van der Waals surface area (Å²) in [5, 5.41) is 4.61. The van der Waals surface area contributed by atoms with Crippen LogP contribution in [0.2, 0.25) is 0 Å². The summed E-state index contributed by atoms with van der Waals surface area (Å²) in [6.07, 6.45) is 0.453. The van der Waals surface area contributed by atoms with E-state index in [1.807, 2.05) is 0 Å². The molecule has 0 heterocycles. The van der Waals surface area contributed by atoms with Crippen LogP contribution in [0.4, 0.5) is 13.2 Å². The zero-order valence-corrected chi connectivity index (χ0v) is 11.9. The highest BCUT2D eigenvalue weighted by Gasteiger charge is 2.50. The van der Waals surface area contributed by atoms with Crippen LogP contribution in [0.15, 0.2) is 24.3 Å². The molecular weight excluding hydrogens is 313 g/mol. The minimum absolute atomic E-state index is 0.0588. The Morgan fingerprint density at radius 1 is 1.30 bits per heavy atom. The van der Waals surface area contributed by atoms with E-state index in [0.717, 1.165) is 12.1 Å². The summed E-state index contributed by atoms with van der Waals surface area (Å²) in [5.41, 5.74) is 7.04. The van der Waals surface area contributed by atoms with E-state index >= 15 is 0 Å². The number of terminal acetylenes is 1. The van der Waals surface area contributed by atoms with Crippen molar-refractivity contribution in [1.82, 2.24) is 10.6 Å². The van der Waals surface area contributed by atoms with Crippen molar-refractivity contribution in [2.45, 2.75) is 17.9 Å². The standard InChI is InChI=1S/C14H15F3N4O2/c1-2-7-20-12(23)11(21-8-22)9-3-5-10(6-4-9)13(18,19)14(15,16)17/h1,3-6,8,11H,7,18-19H2,(H,20,23)(H,21,22). The number of hydrogen-bond donors (Lipinski definition) is 4. The number of nitrogens with one attached hydrogen (secondary N) is 2. The number of alkyl halides is 3. The van der Waals surface area contributed by atoms with E-state index in [9.17, 15) is 22.8 Å². The van der Waals surface area contributed by atoms with E-state index in [-0.39, 0.29) is 17.7 Å². The molecular formula is C14H15F3N4O2. The van der Waals surface area contributed by atoms with E-state index in [0.29, 0.717) is 6.41 Å². The second-order valence-electron chi connectivity index (χ2n) is 4.63. The van der Waals surface area contributed by atoms with Crippen LogP contribution in [0.25, 0.3) is 0 Å². The number of rotatable bonds is 6. The molecule has 0 bridgehead atoms. The number of benzene rings is 1. The lowest BCUT2D eigenvalue weighted by atomic mass is 9.97. The largest absolute Gasteiger partial charge is 0.423 e. The van der Waals surface area contributed by atoms with Crippen LogP contribution in [0.3, 0.4) is 0 Å². The molecule has 2 amide bonds. The van der Waals surface area contributed by atoms with Crippen molar-refractivity contribution in [3.63, 3.8) is 0 Å². The van der Waals surface area contributed by atoms with Gasteiger partial charge < -0.3 is 22.1 Å². The van der Waals surface area contributed by atoms with Crippen molar-refractivity contribution in [2.24, 2.45) is 11.5 Å². The number of halogens is 3. The number of carbonyl (C=O) groups is 2. The smallest absolute Gasteiger partial charge is 0.343 e. The lowest BCUT2D eigenvalue weighted by Gasteiger charge is -2.28. The Kier molecular flexibility index (Phi) is 5.73. The number of carbonyl (C=O) groups excluding carboxylic acids is 2. The van der Waals surface area contributed by atoms with E-state index in [1.54, 1.807) is 0 Å². The van der Waals surface area contributed by atoms with E-state index in [2.05, 4.69) is 16.6 Å². The van der Waals surface area contributed by atoms with Crippen molar-refractivity contribution in [3.05, 3.63) is 35.4 Å². The molecule has 0 spiro atoms. The van der Waals surface area contributed by atoms with Crippen molar-refractivity contribution in [2.75, 3.05) is 6.54 Å². The Morgan fingerprint density at radius 3 is 2.30 bits per heavy atom. The normalized spacial score (nSPS) is 12.9. The molecule has 0 aromatic heterocycles. The summed E-state index contributed by atoms with van der Waals surface area (Å²) in [6, 6.07) is 3.40. The molecule has 0 aliphatic rings. The SMILES string of the molecule is C#CCNC(=O)C(NC=O)c1ccc(C(N)(N)C(F)(F)F)cc1. The summed E-state index contributed by atoms with van der Waals surface area (Å²) in [6.45, 7) is -0.0588. The number of hydrogen-bond acceptors (Lipinski definition) is 4. The fourth-order valence-electron chi connectivity index (χ4n) is 1.75. The molecule has 9 heteroatoms. The highest BCUT2D eigenvalue weighted by atomic mass is 19.4. The first-order valence-corrected chi connectivity index (χ1v) is 6.31. The topological polar surface area (TPSA) is 110 Å². The van der Waals surface area contributed by atoms with Gasteiger partial charge in [-0.25, -0.2) is 0 Å². The van der Waals surface area contributed by atoms with Gasteiger partial charge in [-0.3, -0.25) is 9.59 Å². The summed E-state index contributed by atoms with van der Waals surface area (Å²) >= 11 is 0. The van der Waals surface area contributed by atoms with Gasteiger partial charge in [0, 0.05) is 0 Å². The van der Waals surface area contributed by atoms with Gasteiger partial charge in [0.05, 0.1) is 6.54 Å². The molecule has 1 aromatic rings. The van der Waals surface area contributed by atoms with Crippen LogP contribution in [0.5, 0.6) is 0 Å². The monoisotopic (exact) mass is 328 g/mol. The quantitative estimate of drug-likeness (QED) is 0.331. The zero-order chi connectivity index (χ0) is 17.7. The molecule has 23 heavy (non-hydrogen) atoms. The van der Waals surface area contributed by atoms with E-state index < -0.39 is 23.8 Å². The van der Waals surface area contributed by atoms with Crippen LogP contribution >= 0.6 is 0 Å². The molecule has 0 radical (unpaired) electrons. The molecule has 1 rings (SSSR count). The van der Waals surface area contributed by atoms with Crippen LogP contribution in [0, 0.1) is 12.3 Å². The molecule has 6 nitrogen and oxygen atoms in total. The fourth-order valence-corrected chi connectivity index (χ4v) is 1.75. The molecule has 1 aromatic carbocycles. The third-order valence-electron chi connectivity index (χ3n) is 3.05. The molecule has 6 N–H and O–H groups in total. The third-order valence-corrected chi connectivity index (χ3v) is 3.05. The Balaban J connectivity index is 3.07. The highest BCUT2D eigenvalue weighted by Crippen LogP contribution is 2.32. The maximum absolute atomic E-state index is 12.8. The van der Waals surface area contributed by atoms with Crippen molar-refractivity contribution < 1.29 is 22.8 Å². The third kappa shape index (κ3) is 4.21. The second-order valence-corrected chi connectivity index (χ2v) is 4.63. The van der Waals surface area contributed by atoms with Crippen LogP contribution < -0.4 is 22.1 Å². The van der Waals surface area contributed by atoms with Gasteiger partial charge in [0.15, 0.2) is 5.66 Å². The van der Waals surface area contributed by atoms with E-state index in [4.69, 9.17) is 17.9 Å². The van der Waals surface area contributed by atoms with Crippen molar-refractivity contribution >= 4 is 12.3 Å². The Morgan fingerprint density at radius 2 is 1.87 bits per heavy atom. The average Bonchev–Trinajstić information content (AvgIpc) is 2.49. The molecule has 0 saturated carbocycles. The second kappa shape index (κ2) is 7.13. The Bertz CT molecular complexity index is 606. The van der Waals surface area contributed by atoms with Gasteiger partial charge >= 0.3 is 6.18 Å². The van der Waals surface area contributed by atoms with Gasteiger partial charge in [0.25, 0.3) is 0 Å². The summed E-state index contributed by atoms with van der Waals surface area (Å²) in [5.74, 6) is 1.58. The molecule has 0 aliphatic heterocycles. The average molecular weight is 328 g/mol. The first-order valence-electron chi connectivity index (χ1n) is 6.31. The van der Waals surface area contributed by atoms with Crippen molar-refractivity contribution in [3.8, 4) is 12.3 Å². The van der Waals surface area contributed by atoms with Gasteiger partial charge in [-0.1, -0.05) is 30.2 Å². The lowest BCUT2D eigenvalue weighted by Crippen LogP contribution is -2.57. The number of amides is 2. The van der Waals surface area contributed by atoms with Gasteiger partial charge in [0.2, 0.25) is 12.3 Å². The summed E-state index contributed by atoms with van der Waals surface area (Å²) in [7, 11) is 0. The van der Waals surface area contributed by atoms with E-state index in [1.165, 1.54) is 12.1 Å². The predicted octanol–water partition coefficient (Wildman–Crippen LogP) is -0.144. The molecule has 0 fully saturated rings. The highest BCUT2D eigenvalue weighted by molar-refractivity contribution is 5.85. The van der Waals surface area contributed by atoms with Gasteiger partial charge in [-0.15, -0.1) is 6.42 Å². The first kappa shape index (κ1) is 18.5. The summed E-state index contributed by atoms with van der Waals surface area (Å²) < 4.78 is 38.3. The van der Waals surface area contributed by atoms with Gasteiger partial charge in [-0.2, -0.15) is 13.2 Å². The maximum Gasteiger partial charge on any atom is 0.423 e. The van der Waals surface area contributed by atoms with Crippen LogP contribution in [0.1, 0.15) is 17.2 Å². The molecule has 124 valence electrons. The maximum atomic E-state index is 12.8. The van der Waals surface area contributed by atoms with Crippen molar-refractivity contribution in [1.29, 1.82) is 0 Å². The fraction of sp³-hybridized carbons (Fsp3) is 0.286. The van der Waals surface area contributed by atoms with Crippen LogP contribution in [-0.4, -0.2) is 25.0 Å². The Labute approximate surface area is 130 Å². The van der Waals surface area contributed by atoms with Crippen LogP contribution in [-0.2, 0) is 15.3 Å².